The van der Waals surface area contributed by atoms with Crippen LogP contribution in [0.5, 0.6) is 0 Å². The Morgan fingerprint density at radius 1 is 1.35 bits per heavy atom. The smallest absolute Gasteiger partial charge is 0.236 e. The zero-order valence-corrected chi connectivity index (χ0v) is 11.5. The third kappa shape index (κ3) is 5.24. The van der Waals surface area contributed by atoms with E-state index in [1.165, 1.54) is 11.1 Å². The lowest BCUT2D eigenvalue weighted by Gasteiger charge is -2.11. The van der Waals surface area contributed by atoms with Crippen molar-refractivity contribution >= 4 is 17.7 Å². The van der Waals surface area contributed by atoms with E-state index in [4.69, 9.17) is 0 Å². The predicted molar refractivity (Wildman–Crippen MR) is 74.1 cm³/mol. The highest BCUT2D eigenvalue weighted by Gasteiger charge is 2.02. The minimum absolute atomic E-state index is 0.102. The van der Waals surface area contributed by atoms with Gasteiger partial charge in [0.05, 0.1) is 6.54 Å². The van der Waals surface area contributed by atoms with E-state index in [1.807, 2.05) is 11.8 Å². The van der Waals surface area contributed by atoms with Gasteiger partial charge in [-0.3, -0.25) is 4.79 Å². The summed E-state index contributed by atoms with van der Waals surface area (Å²) in [5, 5.41) is 3.15. The van der Waals surface area contributed by atoms with Crippen molar-refractivity contribution in [1.82, 2.24) is 10.2 Å². The summed E-state index contributed by atoms with van der Waals surface area (Å²) in [6.07, 6.45) is 2.10. The van der Waals surface area contributed by atoms with E-state index in [-0.39, 0.29) is 5.91 Å². The van der Waals surface area contributed by atoms with Gasteiger partial charge in [0.2, 0.25) is 5.91 Å². The number of hydrogen-bond donors (Lipinski definition) is 1. The van der Waals surface area contributed by atoms with E-state index >= 15 is 0 Å². The molecule has 0 aliphatic carbocycles. The summed E-state index contributed by atoms with van der Waals surface area (Å²) in [5.74, 6) is 1.13. The molecule has 17 heavy (non-hydrogen) atoms. The van der Waals surface area contributed by atoms with Crippen LogP contribution in [0.2, 0.25) is 0 Å². The maximum absolute atomic E-state index is 11.4. The maximum atomic E-state index is 11.4. The zero-order chi connectivity index (χ0) is 12.7. The molecule has 1 aromatic rings. The second-order valence-corrected chi connectivity index (χ2v) is 5.01. The lowest BCUT2D eigenvalue weighted by molar-refractivity contribution is -0.127. The molecule has 0 saturated carbocycles. The molecule has 1 amide bonds. The Labute approximate surface area is 108 Å². The lowest BCUT2D eigenvalue weighted by Crippen LogP contribution is -2.32. The van der Waals surface area contributed by atoms with Gasteiger partial charge >= 0.3 is 0 Å². The number of nitrogens with one attached hydrogen (secondary N) is 1. The molecule has 0 spiro atoms. The predicted octanol–water partition coefficient (Wildman–Crippen LogP) is 1.73. The number of carbonyl (C=O) groups is 1. The van der Waals surface area contributed by atoms with Gasteiger partial charge in [0.25, 0.3) is 0 Å². The monoisotopic (exact) mass is 252 g/mol. The molecule has 0 bridgehead atoms. The van der Waals surface area contributed by atoms with E-state index < -0.39 is 0 Å². The van der Waals surface area contributed by atoms with Crippen LogP contribution in [0.1, 0.15) is 11.1 Å². The number of benzene rings is 1. The van der Waals surface area contributed by atoms with Crippen molar-refractivity contribution in [2.75, 3.05) is 26.9 Å². The molecule has 0 aliphatic heterocycles. The molecule has 0 unspecified atom stereocenters. The third-order valence-electron chi connectivity index (χ3n) is 2.41. The molecule has 0 aliphatic rings. The van der Waals surface area contributed by atoms with Gasteiger partial charge in [-0.15, -0.1) is 0 Å². The second kappa shape index (κ2) is 7.35. The summed E-state index contributed by atoms with van der Waals surface area (Å²) in [6.45, 7) is 1.13. The number of rotatable bonds is 6. The van der Waals surface area contributed by atoms with Crippen molar-refractivity contribution in [2.24, 2.45) is 0 Å². The van der Waals surface area contributed by atoms with Crippen LogP contribution >= 0.6 is 11.8 Å². The van der Waals surface area contributed by atoms with E-state index in [9.17, 15) is 4.79 Å². The molecule has 0 fully saturated rings. The highest BCUT2D eigenvalue weighted by atomic mass is 32.2. The fourth-order valence-corrected chi connectivity index (χ4v) is 1.98. The van der Waals surface area contributed by atoms with Crippen molar-refractivity contribution in [1.29, 1.82) is 0 Å². The van der Waals surface area contributed by atoms with Gasteiger partial charge in [0, 0.05) is 26.4 Å². The first-order valence-corrected chi connectivity index (χ1v) is 7.00. The van der Waals surface area contributed by atoms with Crippen LogP contribution in [0, 0.1) is 0 Å². The van der Waals surface area contributed by atoms with E-state index in [2.05, 4.69) is 35.8 Å². The second-order valence-electron chi connectivity index (χ2n) is 4.14. The number of carbonyl (C=O) groups excluding carboxylic acids is 1. The van der Waals surface area contributed by atoms with Gasteiger partial charge < -0.3 is 10.2 Å². The van der Waals surface area contributed by atoms with Crippen molar-refractivity contribution in [2.45, 2.75) is 12.3 Å². The maximum Gasteiger partial charge on any atom is 0.236 e. The van der Waals surface area contributed by atoms with Crippen molar-refractivity contribution in [3.63, 3.8) is 0 Å². The molecule has 0 heterocycles. The number of thioether (sulfide) groups is 1. The topological polar surface area (TPSA) is 32.3 Å². The zero-order valence-electron chi connectivity index (χ0n) is 10.7. The Bertz CT molecular complexity index is 366. The molecule has 0 saturated heterocycles. The van der Waals surface area contributed by atoms with Crippen molar-refractivity contribution < 1.29 is 4.79 Å². The number of hydrogen-bond acceptors (Lipinski definition) is 3. The minimum atomic E-state index is 0.102. The first-order valence-electron chi connectivity index (χ1n) is 5.61. The molecule has 94 valence electrons. The Morgan fingerprint density at radius 2 is 2.06 bits per heavy atom. The Kier molecular flexibility index (Phi) is 6.08. The van der Waals surface area contributed by atoms with Gasteiger partial charge in [0.15, 0.2) is 0 Å². The SMILES string of the molecule is CSCc1cccc(CNCC(=O)N(C)C)c1. The van der Waals surface area contributed by atoms with Gasteiger partial charge in [-0.05, 0) is 17.4 Å². The van der Waals surface area contributed by atoms with Crippen LogP contribution in [-0.2, 0) is 17.1 Å². The highest BCUT2D eigenvalue weighted by Crippen LogP contribution is 2.11. The van der Waals surface area contributed by atoms with E-state index in [1.54, 1.807) is 19.0 Å². The summed E-state index contributed by atoms with van der Waals surface area (Å²) in [7, 11) is 3.53. The van der Waals surface area contributed by atoms with Crippen LogP contribution in [0.25, 0.3) is 0 Å². The average Bonchev–Trinajstić information content (AvgIpc) is 2.29. The molecule has 1 N–H and O–H groups in total. The molecule has 3 nitrogen and oxygen atoms in total. The Morgan fingerprint density at radius 3 is 2.71 bits per heavy atom. The number of amides is 1. The lowest BCUT2D eigenvalue weighted by atomic mass is 10.1. The first kappa shape index (κ1) is 14.1. The quantitative estimate of drug-likeness (QED) is 0.837. The first-order chi connectivity index (χ1) is 8.13. The highest BCUT2D eigenvalue weighted by molar-refractivity contribution is 7.97. The number of nitrogens with zero attached hydrogens (tertiary/aromatic N) is 1. The Hall–Kier alpha value is -1.00. The average molecular weight is 252 g/mol. The normalized spacial score (nSPS) is 10.3. The van der Waals surface area contributed by atoms with Crippen LogP contribution in [0.4, 0.5) is 0 Å². The molecule has 0 atom stereocenters. The van der Waals surface area contributed by atoms with E-state index in [0.29, 0.717) is 6.54 Å². The summed E-state index contributed by atoms with van der Waals surface area (Å²) in [5.41, 5.74) is 2.55. The number of likely N-dealkylation sites (N-methyl/N-ethyl adjacent to an activating group) is 1. The largest absolute Gasteiger partial charge is 0.348 e. The molecular formula is C13H20N2OS. The third-order valence-corrected chi connectivity index (χ3v) is 3.03. The van der Waals surface area contributed by atoms with Gasteiger partial charge in [-0.25, -0.2) is 0 Å². The summed E-state index contributed by atoms with van der Waals surface area (Å²) >= 11 is 1.81. The Balaban J connectivity index is 2.41. The summed E-state index contributed by atoms with van der Waals surface area (Å²) in [6, 6.07) is 8.46. The van der Waals surface area contributed by atoms with Crippen molar-refractivity contribution in [3.8, 4) is 0 Å². The summed E-state index contributed by atoms with van der Waals surface area (Å²) < 4.78 is 0. The van der Waals surface area contributed by atoms with E-state index in [0.717, 1.165) is 12.3 Å². The van der Waals surface area contributed by atoms with Crippen LogP contribution < -0.4 is 5.32 Å². The minimum Gasteiger partial charge on any atom is -0.348 e. The molecule has 0 radical (unpaired) electrons. The van der Waals surface area contributed by atoms with Crippen LogP contribution in [0.3, 0.4) is 0 Å². The molecule has 1 aromatic carbocycles. The van der Waals surface area contributed by atoms with Gasteiger partial charge in [0.1, 0.15) is 0 Å². The fourth-order valence-electron chi connectivity index (χ4n) is 1.47. The molecule has 0 aromatic heterocycles. The molecular weight excluding hydrogens is 232 g/mol. The summed E-state index contributed by atoms with van der Waals surface area (Å²) in [4.78, 5) is 13.0. The van der Waals surface area contributed by atoms with Gasteiger partial charge in [-0.1, -0.05) is 24.3 Å². The van der Waals surface area contributed by atoms with Crippen LogP contribution in [0.15, 0.2) is 24.3 Å². The fraction of sp³-hybridized carbons (Fsp3) is 0.462. The standard InChI is InChI=1S/C13H20N2OS/c1-15(2)13(16)9-14-8-11-5-4-6-12(7-11)10-17-3/h4-7,14H,8-10H2,1-3H3. The van der Waals surface area contributed by atoms with Gasteiger partial charge in [-0.2, -0.15) is 11.8 Å². The molecule has 1 rings (SSSR count). The molecule has 4 heteroatoms. The van der Waals surface area contributed by atoms with Crippen LogP contribution in [-0.4, -0.2) is 37.7 Å². The van der Waals surface area contributed by atoms with Crippen molar-refractivity contribution in [3.05, 3.63) is 35.4 Å².